The van der Waals surface area contributed by atoms with Crippen LogP contribution in [0.2, 0.25) is 0 Å². The molecule has 9 heteroatoms. The highest BCUT2D eigenvalue weighted by Crippen LogP contribution is 2.23. The van der Waals surface area contributed by atoms with E-state index in [0.717, 1.165) is 11.3 Å². The molecule has 2 rings (SSSR count). The molecule has 0 spiro atoms. The van der Waals surface area contributed by atoms with Crippen molar-refractivity contribution in [2.45, 2.75) is 26.9 Å². The monoisotopic (exact) mass is 337 g/mol. The molecule has 122 valence electrons. The Morgan fingerprint density at radius 2 is 2.09 bits per heavy atom. The molecule has 0 aliphatic heterocycles. The molecule has 0 fully saturated rings. The lowest BCUT2D eigenvalue weighted by Crippen LogP contribution is -2.30. The van der Waals surface area contributed by atoms with Crippen molar-refractivity contribution in [3.05, 3.63) is 34.0 Å². The van der Waals surface area contributed by atoms with Gasteiger partial charge in [0.1, 0.15) is 16.3 Å². The molecule has 0 aliphatic rings. The molecular formula is C14H15N3O5S. The number of hydrogen-bond donors (Lipinski definition) is 2. The van der Waals surface area contributed by atoms with Crippen LogP contribution in [0.25, 0.3) is 0 Å². The van der Waals surface area contributed by atoms with E-state index in [1.165, 1.54) is 13.0 Å². The summed E-state index contributed by atoms with van der Waals surface area (Å²) in [6.45, 7) is 4.59. The van der Waals surface area contributed by atoms with Crippen LogP contribution in [0.3, 0.4) is 0 Å². The SMILES string of the molecule is Cc1noc(C)c1C(=O)O[C@H](C)C(=O)Nc1sccc1C(N)=O. The van der Waals surface area contributed by atoms with Gasteiger partial charge in [-0.1, -0.05) is 5.16 Å². The first-order valence-electron chi connectivity index (χ1n) is 6.63. The van der Waals surface area contributed by atoms with Crippen molar-refractivity contribution in [2.24, 2.45) is 5.73 Å². The van der Waals surface area contributed by atoms with Gasteiger partial charge in [0, 0.05) is 0 Å². The molecule has 1 atom stereocenters. The van der Waals surface area contributed by atoms with E-state index in [9.17, 15) is 14.4 Å². The first kappa shape index (κ1) is 16.7. The summed E-state index contributed by atoms with van der Waals surface area (Å²) in [7, 11) is 0. The Hall–Kier alpha value is -2.68. The van der Waals surface area contributed by atoms with Crippen molar-refractivity contribution >= 4 is 34.1 Å². The molecule has 8 nitrogen and oxygen atoms in total. The average molecular weight is 337 g/mol. The molecule has 0 bridgehead atoms. The number of carbonyl (C=O) groups is 3. The first-order chi connectivity index (χ1) is 10.8. The van der Waals surface area contributed by atoms with Gasteiger partial charge < -0.3 is 20.3 Å². The van der Waals surface area contributed by atoms with Crippen molar-refractivity contribution < 1.29 is 23.6 Å². The maximum Gasteiger partial charge on any atom is 0.344 e. The number of esters is 1. The topological polar surface area (TPSA) is 125 Å². The Labute approximate surface area is 135 Å². The molecule has 0 saturated heterocycles. The number of nitrogens with two attached hydrogens (primary N) is 1. The zero-order valence-electron chi connectivity index (χ0n) is 12.7. The summed E-state index contributed by atoms with van der Waals surface area (Å²) < 4.78 is 9.99. The van der Waals surface area contributed by atoms with Crippen LogP contribution in [-0.2, 0) is 9.53 Å². The Kier molecular flexibility index (Phi) is 4.80. The minimum Gasteiger partial charge on any atom is -0.449 e. The summed E-state index contributed by atoms with van der Waals surface area (Å²) in [6.07, 6.45) is -1.07. The number of amides is 2. The van der Waals surface area contributed by atoms with E-state index in [1.54, 1.807) is 19.2 Å². The Morgan fingerprint density at radius 3 is 2.65 bits per heavy atom. The fourth-order valence-corrected chi connectivity index (χ4v) is 2.66. The van der Waals surface area contributed by atoms with Crippen LogP contribution in [-0.4, -0.2) is 29.0 Å². The lowest BCUT2D eigenvalue weighted by molar-refractivity contribution is -0.123. The molecule has 0 aliphatic carbocycles. The summed E-state index contributed by atoms with van der Waals surface area (Å²) in [6, 6.07) is 1.50. The molecular weight excluding hydrogens is 322 g/mol. The van der Waals surface area contributed by atoms with Gasteiger partial charge in [-0.3, -0.25) is 9.59 Å². The standard InChI is InChI=1S/C14H15N3O5S/c1-6-10(7(2)22-17-6)14(20)21-8(3)12(19)16-13-9(11(15)18)4-5-23-13/h4-5,8H,1-3H3,(H2,15,18)(H,16,19)/t8-/m1/s1. The Bertz CT molecular complexity index is 745. The number of thiophene rings is 1. The van der Waals surface area contributed by atoms with Crippen LogP contribution in [0, 0.1) is 13.8 Å². The average Bonchev–Trinajstić information content (AvgIpc) is 3.05. The third-order valence-electron chi connectivity index (χ3n) is 3.06. The van der Waals surface area contributed by atoms with Crippen LogP contribution < -0.4 is 11.1 Å². The molecule has 2 amide bonds. The maximum absolute atomic E-state index is 12.1. The van der Waals surface area contributed by atoms with Crippen LogP contribution in [0.4, 0.5) is 5.00 Å². The minimum atomic E-state index is -1.07. The van der Waals surface area contributed by atoms with Crippen LogP contribution in [0.15, 0.2) is 16.0 Å². The van der Waals surface area contributed by atoms with E-state index in [0.29, 0.717) is 16.5 Å². The number of hydrogen-bond acceptors (Lipinski definition) is 7. The first-order valence-corrected chi connectivity index (χ1v) is 7.51. The number of nitrogens with zero attached hydrogens (tertiary/aromatic N) is 1. The Morgan fingerprint density at radius 1 is 1.39 bits per heavy atom. The fourth-order valence-electron chi connectivity index (χ4n) is 1.86. The number of anilines is 1. The number of aryl methyl sites for hydroxylation is 2. The second-order valence-corrected chi connectivity index (χ2v) is 5.68. The number of carbonyl (C=O) groups excluding carboxylic acids is 3. The summed E-state index contributed by atoms with van der Waals surface area (Å²) in [5.41, 5.74) is 5.98. The largest absolute Gasteiger partial charge is 0.449 e. The highest BCUT2D eigenvalue weighted by atomic mass is 32.1. The van der Waals surface area contributed by atoms with Gasteiger partial charge in [0.05, 0.1) is 11.3 Å². The van der Waals surface area contributed by atoms with E-state index < -0.39 is 23.9 Å². The number of primary amides is 1. The van der Waals surface area contributed by atoms with Crippen LogP contribution in [0.5, 0.6) is 0 Å². The summed E-state index contributed by atoms with van der Waals surface area (Å²) in [5.74, 6) is -1.61. The van der Waals surface area contributed by atoms with Crippen molar-refractivity contribution in [1.29, 1.82) is 0 Å². The van der Waals surface area contributed by atoms with Gasteiger partial charge >= 0.3 is 5.97 Å². The third kappa shape index (κ3) is 3.57. The maximum atomic E-state index is 12.1. The van der Waals surface area contributed by atoms with Crippen LogP contribution >= 0.6 is 11.3 Å². The van der Waals surface area contributed by atoms with E-state index in [1.807, 2.05) is 0 Å². The Balaban J connectivity index is 2.04. The van der Waals surface area contributed by atoms with Gasteiger partial charge in [-0.2, -0.15) is 0 Å². The zero-order chi connectivity index (χ0) is 17.1. The van der Waals surface area contributed by atoms with Crippen molar-refractivity contribution in [3.63, 3.8) is 0 Å². The second kappa shape index (κ2) is 6.61. The highest BCUT2D eigenvalue weighted by molar-refractivity contribution is 7.14. The second-order valence-electron chi connectivity index (χ2n) is 4.76. The number of ether oxygens (including phenoxy) is 1. The van der Waals surface area contributed by atoms with Gasteiger partial charge in [-0.05, 0) is 32.2 Å². The molecule has 23 heavy (non-hydrogen) atoms. The van der Waals surface area contributed by atoms with Gasteiger partial charge in [0.25, 0.3) is 11.8 Å². The van der Waals surface area contributed by atoms with Gasteiger partial charge in [0.15, 0.2) is 6.10 Å². The number of nitrogens with one attached hydrogen (secondary N) is 1. The molecule has 3 N–H and O–H groups in total. The molecule has 0 aromatic carbocycles. The predicted octanol–water partition coefficient (Wildman–Crippen LogP) is 1.64. The van der Waals surface area contributed by atoms with Crippen molar-refractivity contribution in [3.8, 4) is 0 Å². The van der Waals surface area contributed by atoms with Crippen molar-refractivity contribution in [1.82, 2.24) is 5.16 Å². The van der Waals surface area contributed by atoms with Gasteiger partial charge in [-0.25, -0.2) is 4.79 Å². The molecule has 2 heterocycles. The smallest absolute Gasteiger partial charge is 0.344 e. The van der Waals surface area contributed by atoms with Crippen molar-refractivity contribution in [2.75, 3.05) is 5.32 Å². The molecule has 2 aromatic rings. The number of rotatable bonds is 5. The summed E-state index contributed by atoms with van der Waals surface area (Å²) >= 11 is 1.15. The minimum absolute atomic E-state index is 0.193. The third-order valence-corrected chi connectivity index (χ3v) is 3.89. The van der Waals surface area contributed by atoms with E-state index >= 15 is 0 Å². The van der Waals surface area contributed by atoms with Gasteiger partial charge in [-0.15, -0.1) is 11.3 Å². The van der Waals surface area contributed by atoms with E-state index in [4.69, 9.17) is 15.0 Å². The lowest BCUT2D eigenvalue weighted by atomic mass is 10.2. The van der Waals surface area contributed by atoms with E-state index in [-0.39, 0.29) is 11.1 Å². The van der Waals surface area contributed by atoms with Crippen LogP contribution in [0.1, 0.15) is 39.1 Å². The molecule has 0 unspecified atom stereocenters. The fraction of sp³-hybridized carbons (Fsp3) is 0.286. The zero-order valence-corrected chi connectivity index (χ0v) is 13.5. The normalized spacial score (nSPS) is 11.8. The quantitative estimate of drug-likeness (QED) is 0.799. The van der Waals surface area contributed by atoms with Gasteiger partial charge in [0.2, 0.25) is 0 Å². The lowest BCUT2D eigenvalue weighted by Gasteiger charge is -2.13. The number of aromatic nitrogens is 1. The molecule has 0 saturated carbocycles. The summed E-state index contributed by atoms with van der Waals surface area (Å²) in [5, 5.41) is 8.10. The predicted molar refractivity (Wildman–Crippen MR) is 82.3 cm³/mol. The van der Waals surface area contributed by atoms with E-state index in [2.05, 4.69) is 10.5 Å². The molecule has 0 radical (unpaired) electrons. The molecule has 2 aromatic heterocycles. The highest BCUT2D eigenvalue weighted by Gasteiger charge is 2.25. The summed E-state index contributed by atoms with van der Waals surface area (Å²) in [4.78, 5) is 35.4.